The zero-order valence-electron chi connectivity index (χ0n) is 18.0. The summed E-state index contributed by atoms with van der Waals surface area (Å²) >= 11 is 0. The minimum absolute atomic E-state index is 0. The van der Waals surface area contributed by atoms with Gasteiger partial charge in [0.2, 0.25) is 0 Å². The maximum Gasteiger partial charge on any atom is 0.316 e. The number of benzene rings is 1. The standard InChI is InChI=1S/C23H37NO2.ClH/c1-7-22(8-2)16-23(17-22,20-12-10-9-11-13-20)21(25)26-15-14-24(18(3)4)19(5)6;/h9-13,18-19H,7-8,14-17H2,1-6H3;1H. The molecule has 0 radical (unpaired) electrons. The Morgan fingerprint density at radius 2 is 1.56 bits per heavy atom. The van der Waals surface area contributed by atoms with Gasteiger partial charge in [-0.15, -0.1) is 12.4 Å². The van der Waals surface area contributed by atoms with E-state index < -0.39 is 5.41 Å². The minimum atomic E-state index is -0.451. The zero-order valence-corrected chi connectivity index (χ0v) is 18.8. The number of carbonyl (C=O) groups excluding carboxylic acids is 1. The Hall–Kier alpha value is -1.06. The number of halogens is 1. The fourth-order valence-electron chi connectivity index (χ4n) is 4.70. The van der Waals surface area contributed by atoms with Crippen molar-refractivity contribution in [3.05, 3.63) is 35.9 Å². The van der Waals surface area contributed by atoms with Gasteiger partial charge in [-0.2, -0.15) is 0 Å². The Morgan fingerprint density at radius 1 is 1.04 bits per heavy atom. The maximum atomic E-state index is 13.1. The molecule has 1 saturated carbocycles. The molecule has 3 nitrogen and oxygen atoms in total. The third-order valence-electron chi connectivity index (χ3n) is 6.48. The molecule has 0 spiro atoms. The van der Waals surface area contributed by atoms with Crippen molar-refractivity contribution in [2.24, 2.45) is 5.41 Å². The number of ether oxygens (including phenoxy) is 1. The van der Waals surface area contributed by atoms with Crippen LogP contribution in [0.15, 0.2) is 30.3 Å². The molecule has 0 unspecified atom stereocenters. The van der Waals surface area contributed by atoms with Gasteiger partial charge in [0.1, 0.15) is 6.61 Å². The molecule has 1 aliphatic carbocycles. The van der Waals surface area contributed by atoms with E-state index in [1.807, 2.05) is 18.2 Å². The Labute approximate surface area is 172 Å². The molecule has 0 saturated heterocycles. The first-order chi connectivity index (χ1) is 12.3. The first-order valence-electron chi connectivity index (χ1n) is 10.3. The van der Waals surface area contributed by atoms with Gasteiger partial charge in [-0.05, 0) is 51.5 Å². The molecule has 0 amide bonds. The molecule has 4 heteroatoms. The molecule has 27 heavy (non-hydrogen) atoms. The molecule has 0 aromatic heterocycles. The lowest BCUT2D eigenvalue weighted by atomic mass is 9.48. The largest absolute Gasteiger partial charge is 0.464 e. The number of nitrogens with zero attached hydrogens (tertiary/aromatic N) is 1. The van der Waals surface area contributed by atoms with Gasteiger partial charge >= 0.3 is 5.97 Å². The number of hydrogen-bond acceptors (Lipinski definition) is 3. The van der Waals surface area contributed by atoms with Crippen molar-refractivity contribution < 1.29 is 9.53 Å². The summed E-state index contributed by atoms with van der Waals surface area (Å²) in [4.78, 5) is 15.5. The predicted octanol–water partition coefficient (Wildman–Crippen LogP) is 5.61. The van der Waals surface area contributed by atoms with Crippen molar-refractivity contribution in [1.29, 1.82) is 0 Å². The monoisotopic (exact) mass is 395 g/mol. The number of carbonyl (C=O) groups is 1. The smallest absolute Gasteiger partial charge is 0.316 e. The van der Waals surface area contributed by atoms with Crippen LogP contribution in [0.5, 0.6) is 0 Å². The van der Waals surface area contributed by atoms with Crippen molar-refractivity contribution in [1.82, 2.24) is 4.90 Å². The minimum Gasteiger partial charge on any atom is -0.464 e. The Kier molecular flexibility index (Phi) is 8.82. The average Bonchev–Trinajstić information content (AvgIpc) is 2.59. The molecule has 0 atom stereocenters. The quantitative estimate of drug-likeness (QED) is 0.509. The molecule has 0 heterocycles. The summed E-state index contributed by atoms with van der Waals surface area (Å²) in [7, 11) is 0. The average molecular weight is 396 g/mol. The van der Waals surface area contributed by atoms with Crippen LogP contribution >= 0.6 is 12.4 Å². The highest BCUT2D eigenvalue weighted by atomic mass is 35.5. The predicted molar refractivity (Wildman–Crippen MR) is 116 cm³/mol. The van der Waals surface area contributed by atoms with Crippen molar-refractivity contribution >= 4 is 18.4 Å². The SMILES string of the molecule is CCC1(CC)CC(C(=O)OCCN(C(C)C)C(C)C)(c2ccccc2)C1.Cl. The second-order valence-corrected chi connectivity index (χ2v) is 8.57. The number of esters is 1. The molecule has 0 bridgehead atoms. The van der Waals surface area contributed by atoms with E-state index in [4.69, 9.17) is 4.74 Å². The molecule has 1 fully saturated rings. The van der Waals surface area contributed by atoms with Crippen molar-refractivity contribution in [3.8, 4) is 0 Å². The molecule has 1 aromatic rings. The molecule has 0 aliphatic heterocycles. The van der Waals surface area contributed by atoms with Gasteiger partial charge in [0.05, 0.1) is 5.41 Å². The van der Waals surface area contributed by atoms with E-state index in [9.17, 15) is 4.79 Å². The van der Waals surface area contributed by atoms with Crippen LogP contribution in [0.1, 0.15) is 72.8 Å². The second-order valence-electron chi connectivity index (χ2n) is 8.57. The lowest BCUT2D eigenvalue weighted by molar-refractivity contribution is -0.163. The molecular weight excluding hydrogens is 358 g/mol. The van der Waals surface area contributed by atoms with E-state index in [0.29, 0.717) is 18.7 Å². The third kappa shape index (κ3) is 5.06. The summed E-state index contributed by atoms with van der Waals surface area (Å²) in [5, 5.41) is 0. The Morgan fingerprint density at radius 3 is 2.00 bits per heavy atom. The van der Waals surface area contributed by atoms with Crippen LogP contribution in [0, 0.1) is 5.41 Å². The molecule has 154 valence electrons. The highest BCUT2D eigenvalue weighted by molar-refractivity contribution is 5.85. The van der Waals surface area contributed by atoms with E-state index in [2.05, 4.69) is 58.6 Å². The highest BCUT2D eigenvalue weighted by Crippen LogP contribution is 2.59. The highest BCUT2D eigenvalue weighted by Gasteiger charge is 2.58. The fourth-order valence-corrected chi connectivity index (χ4v) is 4.70. The van der Waals surface area contributed by atoms with E-state index in [1.165, 1.54) is 0 Å². The van der Waals surface area contributed by atoms with Crippen LogP contribution in [0.2, 0.25) is 0 Å². The summed E-state index contributed by atoms with van der Waals surface area (Å²) in [6, 6.07) is 11.2. The number of rotatable bonds is 9. The van der Waals surface area contributed by atoms with Gasteiger partial charge in [0.15, 0.2) is 0 Å². The lowest BCUT2D eigenvalue weighted by Crippen LogP contribution is -2.55. The van der Waals surface area contributed by atoms with Crippen molar-refractivity contribution in [2.45, 2.75) is 84.7 Å². The number of hydrogen-bond donors (Lipinski definition) is 0. The Balaban J connectivity index is 0.00000364. The molecule has 0 N–H and O–H groups in total. The van der Waals surface area contributed by atoms with Gasteiger partial charge in [-0.1, -0.05) is 57.0 Å². The third-order valence-corrected chi connectivity index (χ3v) is 6.48. The van der Waals surface area contributed by atoms with E-state index in [0.717, 1.165) is 37.8 Å². The topological polar surface area (TPSA) is 29.5 Å². The molecule has 2 rings (SSSR count). The van der Waals surface area contributed by atoms with Gasteiger partial charge in [0, 0.05) is 18.6 Å². The summed E-state index contributed by atoms with van der Waals surface area (Å²) in [6.45, 7) is 14.5. The second kappa shape index (κ2) is 9.93. The van der Waals surface area contributed by atoms with Crippen LogP contribution in [-0.2, 0) is 14.9 Å². The Bertz CT molecular complexity index is 565. The van der Waals surface area contributed by atoms with Gasteiger partial charge < -0.3 is 4.74 Å². The van der Waals surface area contributed by atoms with E-state index in [1.54, 1.807) is 0 Å². The van der Waals surface area contributed by atoms with Gasteiger partial charge in [-0.25, -0.2) is 0 Å². The maximum absolute atomic E-state index is 13.1. The van der Waals surface area contributed by atoms with E-state index in [-0.39, 0.29) is 23.8 Å². The summed E-state index contributed by atoms with van der Waals surface area (Å²) in [6.07, 6.45) is 4.07. The van der Waals surface area contributed by atoms with Gasteiger partial charge in [-0.3, -0.25) is 9.69 Å². The van der Waals surface area contributed by atoms with Crippen LogP contribution in [-0.4, -0.2) is 36.1 Å². The van der Waals surface area contributed by atoms with Crippen LogP contribution in [0.3, 0.4) is 0 Å². The lowest BCUT2D eigenvalue weighted by Gasteiger charge is -2.54. The van der Waals surface area contributed by atoms with Crippen LogP contribution in [0.25, 0.3) is 0 Å². The van der Waals surface area contributed by atoms with Gasteiger partial charge in [0.25, 0.3) is 0 Å². The van der Waals surface area contributed by atoms with Crippen LogP contribution < -0.4 is 0 Å². The first-order valence-corrected chi connectivity index (χ1v) is 10.3. The molecule has 1 aromatic carbocycles. The van der Waals surface area contributed by atoms with E-state index >= 15 is 0 Å². The summed E-state index contributed by atoms with van der Waals surface area (Å²) in [5.41, 5.74) is 0.956. The normalized spacial score (nSPS) is 17.5. The molecular formula is C23H38ClNO2. The summed E-state index contributed by atoms with van der Waals surface area (Å²) < 4.78 is 5.84. The first kappa shape index (κ1) is 24.0. The van der Waals surface area contributed by atoms with Crippen LogP contribution in [0.4, 0.5) is 0 Å². The molecule has 1 aliphatic rings. The summed E-state index contributed by atoms with van der Waals surface area (Å²) in [5.74, 6) is -0.0336. The van der Waals surface area contributed by atoms with Crippen molar-refractivity contribution in [3.63, 3.8) is 0 Å². The zero-order chi connectivity index (χ0) is 19.4. The van der Waals surface area contributed by atoms with Crippen molar-refractivity contribution in [2.75, 3.05) is 13.2 Å². The fraction of sp³-hybridized carbons (Fsp3) is 0.696.